The first-order chi connectivity index (χ1) is 14.5. The normalized spacial score (nSPS) is 10.9. The summed E-state index contributed by atoms with van der Waals surface area (Å²) in [7, 11) is 0. The zero-order valence-electron chi connectivity index (χ0n) is 17.5. The molecule has 0 radical (unpaired) electrons. The second-order valence-corrected chi connectivity index (χ2v) is 7.55. The Hall–Kier alpha value is -3.67. The van der Waals surface area contributed by atoms with Crippen molar-refractivity contribution in [1.82, 2.24) is 19.6 Å². The molecule has 0 saturated carbocycles. The fourth-order valence-corrected chi connectivity index (χ4v) is 3.59. The van der Waals surface area contributed by atoms with Crippen LogP contribution in [0.15, 0.2) is 67.0 Å². The number of nitrogens with zero attached hydrogens (tertiary/aromatic N) is 4. The van der Waals surface area contributed by atoms with Gasteiger partial charge in [-0.15, -0.1) is 0 Å². The minimum absolute atomic E-state index is 0.140. The average molecular weight is 399 g/mol. The Labute approximate surface area is 176 Å². The lowest BCUT2D eigenvalue weighted by atomic mass is 10.1. The Kier molecular flexibility index (Phi) is 5.48. The minimum Gasteiger partial charge on any atom is -0.319 e. The Balaban J connectivity index is 1.51. The summed E-state index contributed by atoms with van der Waals surface area (Å²) >= 11 is 0. The van der Waals surface area contributed by atoms with Gasteiger partial charge in [0, 0.05) is 18.0 Å². The lowest BCUT2D eigenvalue weighted by molar-refractivity contribution is 0.102. The molecule has 0 aliphatic heterocycles. The van der Waals surface area contributed by atoms with Crippen LogP contribution in [0, 0.1) is 20.8 Å². The van der Waals surface area contributed by atoms with Crippen molar-refractivity contribution in [3.63, 3.8) is 0 Å². The van der Waals surface area contributed by atoms with E-state index >= 15 is 0 Å². The average Bonchev–Trinajstić information content (AvgIpc) is 3.32. The molecule has 0 aliphatic carbocycles. The van der Waals surface area contributed by atoms with Gasteiger partial charge in [-0.1, -0.05) is 42.0 Å². The summed E-state index contributed by atoms with van der Waals surface area (Å²) in [5.41, 5.74) is 6.56. The number of benzene rings is 2. The van der Waals surface area contributed by atoms with E-state index in [0.717, 1.165) is 22.6 Å². The number of carbonyl (C=O) groups is 1. The van der Waals surface area contributed by atoms with Gasteiger partial charge in [-0.25, -0.2) is 0 Å². The monoisotopic (exact) mass is 399 g/mol. The van der Waals surface area contributed by atoms with Gasteiger partial charge >= 0.3 is 0 Å². The number of aromatic nitrogens is 4. The number of hydrogen-bond donors (Lipinski definition) is 1. The van der Waals surface area contributed by atoms with Crippen LogP contribution in [0.1, 0.15) is 38.4 Å². The number of amides is 1. The van der Waals surface area contributed by atoms with Gasteiger partial charge in [-0.3, -0.25) is 14.2 Å². The fourth-order valence-electron chi connectivity index (χ4n) is 3.59. The number of aryl methyl sites for hydroxylation is 2. The lowest BCUT2D eigenvalue weighted by Gasteiger charge is -2.09. The van der Waals surface area contributed by atoms with Crippen molar-refractivity contribution in [2.24, 2.45) is 0 Å². The van der Waals surface area contributed by atoms with E-state index in [1.165, 1.54) is 11.1 Å². The van der Waals surface area contributed by atoms with Crippen LogP contribution in [0.5, 0.6) is 0 Å². The van der Waals surface area contributed by atoms with Crippen LogP contribution >= 0.6 is 0 Å². The standard InChI is InChI=1S/C24H25N5O/c1-17-7-4-8-20(13-17)16-29-19(3)23(18(2)27-29)26-24(30)22-10-5-9-21(14-22)15-28-12-6-11-25-28/h4-14H,15-16H2,1-3H3,(H,26,30). The molecule has 0 fully saturated rings. The highest BCUT2D eigenvalue weighted by Crippen LogP contribution is 2.22. The Bertz CT molecular complexity index is 1170. The largest absolute Gasteiger partial charge is 0.319 e. The molecule has 0 aliphatic rings. The van der Waals surface area contributed by atoms with Gasteiger partial charge in [0.15, 0.2) is 0 Å². The summed E-state index contributed by atoms with van der Waals surface area (Å²) in [5, 5.41) is 11.9. The van der Waals surface area contributed by atoms with Crippen LogP contribution in [0.25, 0.3) is 0 Å². The third kappa shape index (κ3) is 4.33. The van der Waals surface area contributed by atoms with E-state index in [1.807, 2.05) is 59.7 Å². The van der Waals surface area contributed by atoms with Gasteiger partial charge in [0.05, 0.1) is 30.2 Å². The van der Waals surface area contributed by atoms with Crippen molar-refractivity contribution in [1.29, 1.82) is 0 Å². The maximum absolute atomic E-state index is 12.9. The summed E-state index contributed by atoms with van der Waals surface area (Å²) in [6.07, 6.45) is 3.65. The first-order valence-corrected chi connectivity index (χ1v) is 9.97. The van der Waals surface area contributed by atoms with Crippen molar-refractivity contribution in [2.75, 3.05) is 5.32 Å². The molecule has 6 nitrogen and oxygen atoms in total. The molecule has 4 rings (SSSR count). The first kappa shape index (κ1) is 19.6. The highest BCUT2D eigenvalue weighted by atomic mass is 16.1. The number of carbonyl (C=O) groups excluding carboxylic acids is 1. The molecule has 4 aromatic rings. The Morgan fingerprint density at radius 3 is 2.47 bits per heavy atom. The van der Waals surface area contributed by atoms with Crippen LogP contribution in [-0.4, -0.2) is 25.5 Å². The van der Waals surface area contributed by atoms with Gasteiger partial charge in [0.1, 0.15) is 0 Å². The molecule has 1 amide bonds. The fraction of sp³-hybridized carbons (Fsp3) is 0.208. The molecule has 2 heterocycles. The second-order valence-electron chi connectivity index (χ2n) is 7.55. The molecule has 0 bridgehead atoms. The van der Waals surface area contributed by atoms with Gasteiger partial charge in [0.25, 0.3) is 5.91 Å². The van der Waals surface area contributed by atoms with Crippen molar-refractivity contribution in [2.45, 2.75) is 33.9 Å². The predicted octanol–water partition coefficient (Wildman–Crippen LogP) is 4.35. The maximum Gasteiger partial charge on any atom is 0.255 e. The van der Waals surface area contributed by atoms with Crippen molar-refractivity contribution in [3.05, 3.63) is 101 Å². The first-order valence-electron chi connectivity index (χ1n) is 9.97. The number of hydrogen-bond acceptors (Lipinski definition) is 3. The lowest BCUT2D eigenvalue weighted by Crippen LogP contribution is -2.14. The van der Waals surface area contributed by atoms with Crippen LogP contribution < -0.4 is 5.32 Å². The molecule has 6 heteroatoms. The molecule has 0 unspecified atom stereocenters. The molecule has 2 aromatic heterocycles. The minimum atomic E-state index is -0.140. The van der Waals surface area contributed by atoms with E-state index in [1.54, 1.807) is 6.20 Å². The van der Waals surface area contributed by atoms with Gasteiger partial charge in [-0.05, 0) is 50.1 Å². The van der Waals surface area contributed by atoms with Crippen molar-refractivity contribution in [3.8, 4) is 0 Å². The van der Waals surface area contributed by atoms with E-state index in [4.69, 9.17) is 0 Å². The topological polar surface area (TPSA) is 64.7 Å². The van der Waals surface area contributed by atoms with Gasteiger partial charge in [-0.2, -0.15) is 10.2 Å². The van der Waals surface area contributed by atoms with Crippen molar-refractivity contribution >= 4 is 11.6 Å². The van der Waals surface area contributed by atoms with E-state index < -0.39 is 0 Å². The quantitative estimate of drug-likeness (QED) is 0.524. The molecular formula is C24H25N5O. The zero-order chi connectivity index (χ0) is 21.1. The molecular weight excluding hydrogens is 374 g/mol. The summed E-state index contributed by atoms with van der Waals surface area (Å²) in [6.45, 7) is 7.28. The number of rotatable bonds is 6. The van der Waals surface area contributed by atoms with E-state index in [2.05, 4.69) is 46.7 Å². The van der Waals surface area contributed by atoms with Crippen LogP contribution in [0.4, 0.5) is 5.69 Å². The van der Waals surface area contributed by atoms with Crippen LogP contribution in [0.3, 0.4) is 0 Å². The number of nitrogens with one attached hydrogen (secondary N) is 1. The Morgan fingerprint density at radius 2 is 1.73 bits per heavy atom. The third-order valence-electron chi connectivity index (χ3n) is 5.13. The Morgan fingerprint density at radius 1 is 0.967 bits per heavy atom. The highest BCUT2D eigenvalue weighted by Gasteiger charge is 2.16. The number of anilines is 1. The summed E-state index contributed by atoms with van der Waals surface area (Å²) in [6, 6.07) is 17.9. The summed E-state index contributed by atoms with van der Waals surface area (Å²) < 4.78 is 3.77. The van der Waals surface area contributed by atoms with E-state index in [9.17, 15) is 4.79 Å². The van der Waals surface area contributed by atoms with E-state index in [-0.39, 0.29) is 5.91 Å². The van der Waals surface area contributed by atoms with Crippen molar-refractivity contribution < 1.29 is 4.79 Å². The molecule has 152 valence electrons. The molecule has 0 spiro atoms. The highest BCUT2D eigenvalue weighted by molar-refractivity contribution is 6.05. The molecule has 1 N–H and O–H groups in total. The maximum atomic E-state index is 12.9. The molecule has 0 atom stereocenters. The predicted molar refractivity (Wildman–Crippen MR) is 118 cm³/mol. The summed E-state index contributed by atoms with van der Waals surface area (Å²) in [4.78, 5) is 12.9. The van der Waals surface area contributed by atoms with Crippen LogP contribution in [-0.2, 0) is 13.1 Å². The molecule has 0 saturated heterocycles. The van der Waals surface area contributed by atoms with E-state index in [0.29, 0.717) is 18.7 Å². The summed E-state index contributed by atoms with van der Waals surface area (Å²) in [5.74, 6) is -0.140. The van der Waals surface area contributed by atoms with Gasteiger partial charge < -0.3 is 5.32 Å². The van der Waals surface area contributed by atoms with Crippen LogP contribution in [0.2, 0.25) is 0 Å². The SMILES string of the molecule is Cc1cccc(Cn2nc(C)c(NC(=O)c3cccc(Cn4cccn4)c3)c2C)c1. The zero-order valence-corrected chi connectivity index (χ0v) is 17.5. The van der Waals surface area contributed by atoms with Gasteiger partial charge in [0.2, 0.25) is 0 Å². The molecule has 30 heavy (non-hydrogen) atoms. The molecule has 2 aromatic carbocycles. The third-order valence-corrected chi connectivity index (χ3v) is 5.13. The second kappa shape index (κ2) is 8.37. The smallest absolute Gasteiger partial charge is 0.255 e.